The molecule has 1 aliphatic rings. The lowest BCUT2D eigenvalue weighted by atomic mass is 10.1. The molecule has 1 aliphatic heterocycles. The van der Waals surface area contributed by atoms with Crippen LogP contribution >= 0.6 is 0 Å². The molecule has 2 aromatic rings. The first-order valence-electron chi connectivity index (χ1n) is 9.15. The van der Waals surface area contributed by atoms with Crippen LogP contribution in [-0.2, 0) is 15.8 Å². The number of carbonyl (C=O) groups excluding carboxylic acids is 2. The van der Waals surface area contributed by atoms with E-state index in [-0.39, 0.29) is 30.5 Å². The van der Waals surface area contributed by atoms with Gasteiger partial charge in [-0.15, -0.1) is 0 Å². The van der Waals surface area contributed by atoms with Crippen molar-refractivity contribution in [1.82, 2.24) is 0 Å². The van der Waals surface area contributed by atoms with Crippen molar-refractivity contribution in [2.24, 2.45) is 0 Å². The third-order valence-electron chi connectivity index (χ3n) is 4.87. The Hall–Kier alpha value is -3.54. The zero-order valence-electron chi connectivity index (χ0n) is 16.3. The second-order valence-electron chi connectivity index (χ2n) is 7.08. The molecule has 0 spiro atoms. The van der Waals surface area contributed by atoms with Crippen LogP contribution in [0.1, 0.15) is 24.5 Å². The fraction of sp³-hybridized carbons (Fsp3) is 0.286. The van der Waals surface area contributed by atoms with E-state index >= 15 is 0 Å². The molecule has 0 saturated carbocycles. The predicted molar refractivity (Wildman–Crippen MR) is 106 cm³/mol. The zero-order valence-corrected chi connectivity index (χ0v) is 16.3. The van der Waals surface area contributed by atoms with Crippen molar-refractivity contribution in [2.45, 2.75) is 25.6 Å². The summed E-state index contributed by atoms with van der Waals surface area (Å²) in [6.45, 7) is 1.53. The molecule has 1 heterocycles. The number of hydrogen-bond acceptors (Lipinski definition) is 4. The third-order valence-corrected chi connectivity index (χ3v) is 4.87. The average molecular weight is 416 g/mol. The molecular weight excluding hydrogens is 397 g/mol. The van der Waals surface area contributed by atoms with Crippen LogP contribution in [-0.4, -0.2) is 31.4 Å². The largest absolute Gasteiger partial charge is 0.417 e. The Morgan fingerprint density at radius 3 is 2.67 bits per heavy atom. The van der Waals surface area contributed by atoms with Gasteiger partial charge in [-0.2, -0.15) is 18.4 Å². The number of fused-ring (bicyclic) bond motifs is 1. The van der Waals surface area contributed by atoms with Crippen LogP contribution in [0, 0.1) is 11.3 Å². The van der Waals surface area contributed by atoms with Gasteiger partial charge in [-0.1, -0.05) is 12.1 Å². The van der Waals surface area contributed by atoms with Crippen molar-refractivity contribution in [2.75, 3.05) is 28.7 Å². The number of amides is 2. The topological polar surface area (TPSA) is 76.4 Å². The van der Waals surface area contributed by atoms with E-state index in [4.69, 9.17) is 5.26 Å². The van der Waals surface area contributed by atoms with Crippen molar-refractivity contribution in [3.05, 3.63) is 53.6 Å². The molecule has 9 heteroatoms. The van der Waals surface area contributed by atoms with Crippen molar-refractivity contribution in [1.29, 1.82) is 5.26 Å². The van der Waals surface area contributed by atoms with Crippen LogP contribution in [0.3, 0.4) is 0 Å². The van der Waals surface area contributed by atoms with Gasteiger partial charge in [0, 0.05) is 25.2 Å². The summed E-state index contributed by atoms with van der Waals surface area (Å²) in [5.41, 5.74) is -0.346. The van der Waals surface area contributed by atoms with Crippen molar-refractivity contribution >= 4 is 28.9 Å². The van der Waals surface area contributed by atoms with E-state index < -0.39 is 23.3 Å². The number of anilines is 3. The molecule has 0 radical (unpaired) electrons. The number of benzene rings is 2. The molecule has 6 nitrogen and oxygen atoms in total. The molecule has 0 aromatic heterocycles. The maximum absolute atomic E-state index is 13.2. The van der Waals surface area contributed by atoms with Crippen LogP contribution in [0.25, 0.3) is 0 Å². The summed E-state index contributed by atoms with van der Waals surface area (Å²) >= 11 is 0. The Bertz CT molecular complexity index is 1030. The first-order valence-corrected chi connectivity index (χ1v) is 9.15. The average Bonchev–Trinajstić information content (AvgIpc) is 2.80. The molecule has 1 unspecified atom stereocenters. The minimum absolute atomic E-state index is 0.0965. The van der Waals surface area contributed by atoms with Crippen molar-refractivity contribution in [3.8, 4) is 6.07 Å². The lowest BCUT2D eigenvalue weighted by Gasteiger charge is -2.30. The van der Waals surface area contributed by atoms with Gasteiger partial charge in [0.15, 0.2) is 0 Å². The van der Waals surface area contributed by atoms with Crippen LogP contribution in [0.2, 0.25) is 0 Å². The SMILES string of the molecule is CC1CC(=O)Nc2ccccc2N1C(=O)CN(C)c1ccc(C#N)c(C(F)(F)F)c1. The Labute approximate surface area is 171 Å². The number of likely N-dealkylation sites (N-methyl/N-ethyl adjacent to an activating group) is 1. The number of rotatable bonds is 3. The van der Waals surface area contributed by atoms with E-state index in [9.17, 15) is 22.8 Å². The van der Waals surface area contributed by atoms with Crippen LogP contribution in [0.4, 0.5) is 30.2 Å². The lowest BCUT2D eigenvalue weighted by Crippen LogP contribution is -2.44. The summed E-state index contributed by atoms with van der Waals surface area (Å²) < 4.78 is 39.7. The molecule has 1 atom stereocenters. The molecule has 1 N–H and O–H groups in total. The van der Waals surface area contributed by atoms with E-state index in [1.165, 1.54) is 29.0 Å². The van der Waals surface area contributed by atoms with Gasteiger partial charge in [-0.05, 0) is 37.3 Å². The summed E-state index contributed by atoms with van der Waals surface area (Å²) in [5, 5.41) is 11.7. The standard InChI is InChI=1S/C21H19F3N4O2/c1-13-9-19(29)26-17-5-3-4-6-18(17)28(13)20(30)12-27(2)15-8-7-14(11-25)16(10-15)21(22,23)24/h3-8,10,13H,9,12H2,1-2H3,(H,26,29). The summed E-state index contributed by atoms with van der Waals surface area (Å²) in [5.74, 6) is -0.590. The Morgan fingerprint density at radius 1 is 1.30 bits per heavy atom. The summed E-state index contributed by atoms with van der Waals surface area (Å²) in [7, 11) is 1.50. The second-order valence-corrected chi connectivity index (χ2v) is 7.08. The molecule has 30 heavy (non-hydrogen) atoms. The van der Waals surface area contributed by atoms with Gasteiger partial charge in [-0.25, -0.2) is 0 Å². The third kappa shape index (κ3) is 4.22. The van der Waals surface area contributed by atoms with E-state index in [0.717, 1.165) is 12.1 Å². The van der Waals surface area contributed by atoms with Crippen LogP contribution < -0.4 is 15.1 Å². The highest BCUT2D eigenvalue weighted by Crippen LogP contribution is 2.35. The number of nitrogens with one attached hydrogen (secondary N) is 1. The maximum Gasteiger partial charge on any atom is 0.417 e. The molecule has 3 rings (SSSR count). The predicted octanol–water partition coefficient (Wildman–Crippen LogP) is 3.78. The lowest BCUT2D eigenvalue weighted by molar-refractivity contribution is -0.137. The molecule has 0 saturated heterocycles. The monoisotopic (exact) mass is 416 g/mol. The zero-order chi connectivity index (χ0) is 22.1. The first kappa shape index (κ1) is 21.2. The Kier molecular flexibility index (Phi) is 5.69. The molecule has 2 aromatic carbocycles. The summed E-state index contributed by atoms with van der Waals surface area (Å²) in [4.78, 5) is 28.0. The summed E-state index contributed by atoms with van der Waals surface area (Å²) in [6.07, 6.45) is -4.59. The van der Waals surface area contributed by atoms with E-state index in [0.29, 0.717) is 11.4 Å². The molecule has 0 fully saturated rings. The van der Waals surface area contributed by atoms with E-state index in [2.05, 4.69) is 5.32 Å². The van der Waals surface area contributed by atoms with Gasteiger partial charge < -0.3 is 15.1 Å². The summed E-state index contributed by atoms with van der Waals surface area (Å²) in [6, 6.07) is 11.3. The fourth-order valence-corrected chi connectivity index (χ4v) is 3.44. The second kappa shape index (κ2) is 8.06. The fourth-order valence-electron chi connectivity index (χ4n) is 3.44. The molecule has 2 amide bonds. The quantitative estimate of drug-likeness (QED) is 0.826. The first-order chi connectivity index (χ1) is 14.1. The Balaban J connectivity index is 1.89. The molecule has 0 bridgehead atoms. The van der Waals surface area contributed by atoms with Gasteiger partial charge in [0.2, 0.25) is 11.8 Å². The highest BCUT2D eigenvalue weighted by atomic mass is 19.4. The number of halogens is 3. The van der Waals surface area contributed by atoms with Crippen molar-refractivity contribution < 1.29 is 22.8 Å². The number of nitriles is 1. The maximum atomic E-state index is 13.2. The molecule has 0 aliphatic carbocycles. The number of alkyl halides is 3. The van der Waals surface area contributed by atoms with Gasteiger partial charge in [0.1, 0.15) is 0 Å². The number of nitrogens with zero attached hydrogens (tertiary/aromatic N) is 3. The van der Waals surface area contributed by atoms with Crippen LogP contribution in [0.15, 0.2) is 42.5 Å². The molecular formula is C21H19F3N4O2. The van der Waals surface area contributed by atoms with Crippen molar-refractivity contribution in [3.63, 3.8) is 0 Å². The van der Waals surface area contributed by atoms with Gasteiger partial charge in [-0.3, -0.25) is 9.59 Å². The van der Waals surface area contributed by atoms with Gasteiger partial charge >= 0.3 is 6.18 Å². The number of carbonyl (C=O) groups is 2. The van der Waals surface area contributed by atoms with Crippen LogP contribution in [0.5, 0.6) is 0 Å². The van der Waals surface area contributed by atoms with Gasteiger partial charge in [0.05, 0.1) is 35.1 Å². The minimum Gasteiger partial charge on any atom is -0.365 e. The highest BCUT2D eigenvalue weighted by Gasteiger charge is 2.34. The van der Waals surface area contributed by atoms with E-state index in [1.54, 1.807) is 31.2 Å². The smallest absolute Gasteiger partial charge is 0.365 e. The van der Waals surface area contributed by atoms with E-state index in [1.807, 2.05) is 0 Å². The Morgan fingerprint density at radius 2 is 2.00 bits per heavy atom. The number of hydrogen-bond donors (Lipinski definition) is 1. The normalized spacial score (nSPS) is 16.2. The van der Waals surface area contributed by atoms with Gasteiger partial charge in [0.25, 0.3) is 0 Å². The number of para-hydroxylation sites is 2. The minimum atomic E-state index is -4.68. The molecule has 156 valence electrons. The highest BCUT2D eigenvalue weighted by molar-refractivity contribution is 6.05.